The molecule has 2 atom stereocenters. The first-order valence-corrected chi connectivity index (χ1v) is 10.5. The maximum atomic E-state index is 13.4. The highest BCUT2D eigenvalue weighted by Crippen LogP contribution is 2.38. The third kappa shape index (κ3) is 3.59. The van der Waals surface area contributed by atoms with Gasteiger partial charge in [-0.1, -0.05) is 24.3 Å². The summed E-state index contributed by atoms with van der Waals surface area (Å²) in [5, 5.41) is 10.7. The maximum Gasteiger partial charge on any atom is 0.417 e. The topological polar surface area (TPSA) is 61.0 Å². The van der Waals surface area contributed by atoms with Crippen LogP contribution in [0.15, 0.2) is 42.5 Å². The molecule has 2 N–H and O–H groups in total. The van der Waals surface area contributed by atoms with Gasteiger partial charge in [-0.3, -0.25) is 9.89 Å². The van der Waals surface area contributed by atoms with E-state index in [1.165, 1.54) is 25.0 Å². The minimum atomic E-state index is -4.45. The number of aromatic amines is 1. The number of alkyl halides is 3. The molecule has 1 amide bonds. The summed E-state index contributed by atoms with van der Waals surface area (Å²) in [6.07, 6.45) is -0.251. The van der Waals surface area contributed by atoms with Gasteiger partial charge in [0.25, 0.3) is 5.91 Å². The number of nitrogens with one attached hydrogen (secondary N) is 2. The van der Waals surface area contributed by atoms with Gasteiger partial charge in [-0.2, -0.15) is 18.3 Å². The summed E-state index contributed by atoms with van der Waals surface area (Å²) in [6.45, 7) is 0. The van der Waals surface area contributed by atoms with E-state index in [4.69, 9.17) is 0 Å². The number of nitrogens with zero attached hydrogens (tertiary/aromatic N) is 2. The third-order valence-corrected chi connectivity index (χ3v) is 6.75. The summed E-state index contributed by atoms with van der Waals surface area (Å²) in [5.74, 6) is -0.247. The Bertz CT molecular complexity index is 1130. The number of benzene rings is 2. The molecule has 162 valence electrons. The number of fused-ring (bicyclic) bond motifs is 3. The van der Waals surface area contributed by atoms with Crippen molar-refractivity contribution < 1.29 is 18.0 Å². The van der Waals surface area contributed by atoms with Crippen LogP contribution in [0, 0.1) is 0 Å². The van der Waals surface area contributed by atoms with Gasteiger partial charge in [0.15, 0.2) is 5.69 Å². The van der Waals surface area contributed by atoms with Crippen molar-refractivity contribution in [3.05, 3.63) is 53.7 Å². The number of rotatable bonds is 3. The Hall–Kier alpha value is -2.87. The van der Waals surface area contributed by atoms with E-state index < -0.39 is 11.7 Å². The number of H-pyrrole nitrogens is 1. The number of amides is 1. The Balaban J connectivity index is 1.40. The highest BCUT2D eigenvalue weighted by molar-refractivity contribution is 6.05. The van der Waals surface area contributed by atoms with E-state index in [1.807, 2.05) is 0 Å². The monoisotopic (exact) mass is 428 g/mol. The number of halogens is 3. The summed E-state index contributed by atoms with van der Waals surface area (Å²) >= 11 is 0. The van der Waals surface area contributed by atoms with Crippen LogP contribution in [0.4, 0.5) is 13.2 Å². The number of aromatic nitrogens is 2. The number of carbonyl (C=O) groups excluding carboxylic acids is 1. The third-order valence-electron chi connectivity index (χ3n) is 6.75. The molecule has 2 bridgehead atoms. The molecule has 2 aliphatic heterocycles. The lowest BCUT2D eigenvalue weighted by Gasteiger charge is -2.36. The lowest BCUT2D eigenvalue weighted by atomic mass is 9.97. The first-order chi connectivity index (χ1) is 14.8. The van der Waals surface area contributed by atoms with Crippen LogP contribution >= 0.6 is 0 Å². The molecular weight excluding hydrogens is 405 g/mol. The average Bonchev–Trinajstić information content (AvgIpc) is 3.23. The molecule has 2 unspecified atom stereocenters. The number of carbonyl (C=O) groups is 1. The Morgan fingerprint density at radius 2 is 1.84 bits per heavy atom. The van der Waals surface area contributed by atoms with E-state index in [2.05, 4.69) is 27.5 Å². The maximum absolute atomic E-state index is 13.4. The Kier molecular flexibility index (Phi) is 4.77. The van der Waals surface area contributed by atoms with Crippen LogP contribution in [-0.2, 0) is 6.18 Å². The molecule has 2 aliphatic rings. The molecule has 3 heterocycles. The summed E-state index contributed by atoms with van der Waals surface area (Å²) < 4.78 is 40.2. The molecule has 1 aromatic heterocycles. The summed E-state index contributed by atoms with van der Waals surface area (Å²) in [5.41, 5.74) is 0.631. The van der Waals surface area contributed by atoms with Crippen LogP contribution in [0.3, 0.4) is 0 Å². The molecule has 0 saturated carbocycles. The molecule has 31 heavy (non-hydrogen) atoms. The van der Waals surface area contributed by atoms with Gasteiger partial charge in [0.2, 0.25) is 0 Å². The Morgan fingerprint density at radius 1 is 1.13 bits per heavy atom. The van der Waals surface area contributed by atoms with Gasteiger partial charge >= 0.3 is 6.18 Å². The van der Waals surface area contributed by atoms with Gasteiger partial charge < -0.3 is 10.2 Å². The van der Waals surface area contributed by atoms with Gasteiger partial charge in [0.1, 0.15) is 0 Å². The largest absolute Gasteiger partial charge is 0.417 e. The molecule has 0 aliphatic carbocycles. The van der Waals surface area contributed by atoms with Crippen LogP contribution < -0.4 is 5.32 Å². The lowest BCUT2D eigenvalue weighted by Crippen LogP contribution is -2.48. The zero-order chi connectivity index (χ0) is 21.8. The summed E-state index contributed by atoms with van der Waals surface area (Å²) in [6, 6.07) is 11.5. The van der Waals surface area contributed by atoms with Gasteiger partial charge in [0, 0.05) is 23.5 Å². The highest BCUT2D eigenvalue weighted by Gasteiger charge is 2.39. The number of hydrogen-bond donors (Lipinski definition) is 2. The zero-order valence-corrected chi connectivity index (χ0v) is 17.0. The predicted octanol–water partition coefficient (Wildman–Crippen LogP) is 4.60. The van der Waals surface area contributed by atoms with E-state index in [9.17, 15) is 18.0 Å². The second kappa shape index (κ2) is 7.37. The zero-order valence-electron chi connectivity index (χ0n) is 17.0. The number of piperidine rings is 1. The fourth-order valence-corrected chi connectivity index (χ4v) is 5.13. The number of hydrogen-bond acceptors (Lipinski definition) is 3. The van der Waals surface area contributed by atoms with Crippen LogP contribution in [0.5, 0.6) is 0 Å². The fourth-order valence-electron chi connectivity index (χ4n) is 5.13. The van der Waals surface area contributed by atoms with Crippen molar-refractivity contribution in [2.45, 2.75) is 50.0 Å². The Labute approximate surface area is 177 Å². The van der Waals surface area contributed by atoms with E-state index >= 15 is 0 Å². The van der Waals surface area contributed by atoms with Crippen LogP contribution in [0.25, 0.3) is 22.0 Å². The van der Waals surface area contributed by atoms with Crippen molar-refractivity contribution in [1.29, 1.82) is 0 Å². The van der Waals surface area contributed by atoms with Crippen molar-refractivity contribution in [3.63, 3.8) is 0 Å². The second-order valence-electron chi connectivity index (χ2n) is 8.57. The van der Waals surface area contributed by atoms with Crippen molar-refractivity contribution in [2.75, 3.05) is 7.05 Å². The normalized spacial score (nSPS) is 23.9. The molecule has 8 heteroatoms. The second-order valence-corrected chi connectivity index (χ2v) is 8.57. The van der Waals surface area contributed by atoms with Gasteiger partial charge in [-0.25, -0.2) is 0 Å². The quantitative estimate of drug-likeness (QED) is 0.641. The minimum Gasteiger partial charge on any atom is -0.348 e. The molecule has 2 fully saturated rings. The minimum absolute atomic E-state index is 0.0966. The first-order valence-electron chi connectivity index (χ1n) is 10.5. The predicted molar refractivity (Wildman–Crippen MR) is 112 cm³/mol. The van der Waals surface area contributed by atoms with Gasteiger partial charge in [-0.15, -0.1) is 0 Å². The lowest BCUT2D eigenvalue weighted by molar-refractivity contribution is -0.137. The standard InChI is InChI=1S/C23H23F3N4O/c1-30-15-7-8-16(30)12-14(11-15)27-22(31)21-18-9-6-13(10-20(18)28-29-21)17-4-2-3-5-19(17)23(24,25)26/h2-6,9-10,14-16H,7-8,11-12H2,1H3,(H,27,31)(H,28,29). The fraction of sp³-hybridized carbons (Fsp3) is 0.391. The van der Waals surface area contributed by atoms with E-state index in [-0.39, 0.29) is 23.2 Å². The van der Waals surface area contributed by atoms with Crippen molar-refractivity contribution in [1.82, 2.24) is 20.4 Å². The average molecular weight is 428 g/mol. The molecule has 5 rings (SSSR count). The molecule has 3 aromatic rings. The Morgan fingerprint density at radius 3 is 2.55 bits per heavy atom. The smallest absolute Gasteiger partial charge is 0.348 e. The molecule has 0 radical (unpaired) electrons. The van der Waals surface area contributed by atoms with Crippen LogP contribution in [-0.4, -0.2) is 46.2 Å². The molecule has 5 nitrogen and oxygen atoms in total. The molecule has 2 aromatic carbocycles. The first kappa shape index (κ1) is 20.1. The van der Waals surface area contributed by atoms with Gasteiger partial charge in [0.05, 0.1) is 11.1 Å². The van der Waals surface area contributed by atoms with Crippen molar-refractivity contribution in [3.8, 4) is 11.1 Å². The van der Waals surface area contributed by atoms with Crippen LogP contribution in [0.1, 0.15) is 41.7 Å². The molecular formula is C23H23F3N4O. The van der Waals surface area contributed by atoms with Crippen LogP contribution in [0.2, 0.25) is 0 Å². The van der Waals surface area contributed by atoms with E-state index in [1.54, 1.807) is 24.3 Å². The molecule has 2 saturated heterocycles. The molecule has 0 spiro atoms. The summed E-state index contributed by atoms with van der Waals surface area (Å²) in [7, 11) is 2.15. The van der Waals surface area contributed by atoms with E-state index in [0.29, 0.717) is 28.6 Å². The summed E-state index contributed by atoms with van der Waals surface area (Å²) in [4.78, 5) is 15.3. The van der Waals surface area contributed by atoms with Gasteiger partial charge in [-0.05, 0) is 62.1 Å². The van der Waals surface area contributed by atoms with Crippen molar-refractivity contribution >= 4 is 16.8 Å². The highest BCUT2D eigenvalue weighted by atomic mass is 19.4. The SMILES string of the molecule is CN1C2CCC1CC(NC(=O)c1n[nH]c3cc(-c4ccccc4C(F)(F)F)ccc13)C2. The van der Waals surface area contributed by atoms with E-state index in [0.717, 1.165) is 18.9 Å². The van der Waals surface area contributed by atoms with Crippen molar-refractivity contribution in [2.24, 2.45) is 0 Å².